The maximum absolute atomic E-state index is 13.1. The highest BCUT2D eigenvalue weighted by Crippen LogP contribution is 2.30. The lowest BCUT2D eigenvalue weighted by molar-refractivity contribution is 0.281. The fraction of sp³-hybridized carbons (Fsp3) is 0.222. The zero-order valence-electron chi connectivity index (χ0n) is 14.7. The summed E-state index contributed by atoms with van der Waals surface area (Å²) in [6.07, 6.45) is 3.52. The Kier molecular flexibility index (Phi) is 3.43. The molecular formula is C18H16N6O2S. The molecule has 0 fully saturated rings. The van der Waals surface area contributed by atoms with Gasteiger partial charge in [-0.1, -0.05) is 12.1 Å². The number of nitrogens with zero attached hydrogens (tertiary/aromatic N) is 6. The zero-order chi connectivity index (χ0) is 18.7. The minimum absolute atomic E-state index is 0.111. The minimum atomic E-state index is -0.161. The fourth-order valence-electron chi connectivity index (χ4n) is 3.55. The van der Waals surface area contributed by atoms with Crippen LogP contribution in [0.15, 0.2) is 35.4 Å². The highest BCUT2D eigenvalue weighted by atomic mass is 32.1. The van der Waals surface area contributed by atoms with Crippen molar-refractivity contribution in [3.05, 3.63) is 51.5 Å². The van der Waals surface area contributed by atoms with Gasteiger partial charge in [-0.05, 0) is 11.6 Å². The predicted molar refractivity (Wildman–Crippen MR) is 104 cm³/mol. The number of aryl methyl sites for hydroxylation is 2. The molecule has 5 aromatic rings. The van der Waals surface area contributed by atoms with Gasteiger partial charge in [-0.2, -0.15) is 10.2 Å². The van der Waals surface area contributed by atoms with Crippen LogP contribution in [-0.4, -0.2) is 34.2 Å². The molecule has 136 valence electrons. The molecule has 8 nitrogen and oxygen atoms in total. The van der Waals surface area contributed by atoms with Crippen LogP contribution >= 0.6 is 11.3 Å². The van der Waals surface area contributed by atoms with Crippen LogP contribution in [0.25, 0.3) is 32.2 Å². The molecule has 0 bridgehead atoms. The van der Waals surface area contributed by atoms with E-state index in [1.807, 2.05) is 43.2 Å². The molecule has 0 radical (unpaired) electrons. The molecule has 4 heterocycles. The van der Waals surface area contributed by atoms with Gasteiger partial charge < -0.3 is 9.67 Å². The Labute approximate surface area is 156 Å². The number of hydrogen-bond acceptors (Lipinski definition) is 6. The molecule has 0 amide bonds. The van der Waals surface area contributed by atoms with Crippen molar-refractivity contribution in [2.75, 3.05) is 0 Å². The SMILES string of the molecule is Cn1ncc2c(Cn3ncc4c5sc(CO)nc5n(C)c4c3=O)cccc21. The van der Waals surface area contributed by atoms with Gasteiger partial charge in [-0.25, -0.2) is 9.67 Å². The second kappa shape index (κ2) is 5.73. The van der Waals surface area contributed by atoms with E-state index in [-0.39, 0.29) is 12.2 Å². The molecular weight excluding hydrogens is 364 g/mol. The quantitative estimate of drug-likeness (QED) is 0.515. The van der Waals surface area contributed by atoms with Crippen LogP contribution in [-0.2, 0) is 27.2 Å². The predicted octanol–water partition coefficient (Wildman–Crippen LogP) is 1.77. The molecule has 27 heavy (non-hydrogen) atoms. The van der Waals surface area contributed by atoms with E-state index in [9.17, 15) is 9.90 Å². The summed E-state index contributed by atoms with van der Waals surface area (Å²) in [5.41, 5.74) is 3.12. The molecule has 4 aromatic heterocycles. The summed E-state index contributed by atoms with van der Waals surface area (Å²) in [5, 5.41) is 20.4. The van der Waals surface area contributed by atoms with E-state index in [4.69, 9.17) is 0 Å². The molecule has 0 aliphatic rings. The van der Waals surface area contributed by atoms with Crippen LogP contribution in [0.2, 0.25) is 0 Å². The average Bonchev–Trinajstić information content (AvgIpc) is 3.33. The number of aromatic nitrogens is 6. The summed E-state index contributed by atoms with van der Waals surface area (Å²) in [7, 11) is 3.71. The van der Waals surface area contributed by atoms with Crippen LogP contribution in [0.5, 0.6) is 0 Å². The Hall–Kier alpha value is -3.04. The van der Waals surface area contributed by atoms with Gasteiger partial charge in [0, 0.05) is 24.9 Å². The van der Waals surface area contributed by atoms with Gasteiger partial charge in [0.2, 0.25) is 0 Å². The van der Waals surface area contributed by atoms with Crippen LogP contribution in [0.4, 0.5) is 0 Å². The van der Waals surface area contributed by atoms with E-state index in [2.05, 4.69) is 15.2 Å². The zero-order valence-corrected chi connectivity index (χ0v) is 15.6. The molecule has 0 aliphatic heterocycles. The summed E-state index contributed by atoms with van der Waals surface area (Å²) < 4.78 is 5.95. The first-order valence-corrected chi connectivity index (χ1v) is 9.24. The van der Waals surface area contributed by atoms with E-state index in [0.717, 1.165) is 26.6 Å². The highest BCUT2D eigenvalue weighted by molar-refractivity contribution is 7.19. The normalized spacial score (nSPS) is 12.0. The van der Waals surface area contributed by atoms with Crippen molar-refractivity contribution >= 4 is 43.5 Å². The Morgan fingerprint density at radius 2 is 1.96 bits per heavy atom. The topological polar surface area (TPSA) is 90.8 Å². The van der Waals surface area contributed by atoms with Crippen molar-refractivity contribution in [3.63, 3.8) is 0 Å². The summed E-state index contributed by atoms with van der Waals surface area (Å²) >= 11 is 1.39. The third-order valence-corrected chi connectivity index (χ3v) is 5.97. The summed E-state index contributed by atoms with van der Waals surface area (Å²) in [4.78, 5) is 17.5. The summed E-state index contributed by atoms with van der Waals surface area (Å²) in [5.74, 6) is 0. The third-order valence-electron chi connectivity index (χ3n) is 4.91. The average molecular weight is 380 g/mol. The molecule has 0 saturated heterocycles. The lowest BCUT2D eigenvalue weighted by Gasteiger charge is -2.07. The molecule has 0 saturated carbocycles. The Morgan fingerprint density at radius 1 is 1.15 bits per heavy atom. The van der Waals surface area contributed by atoms with Crippen LogP contribution in [0, 0.1) is 0 Å². The van der Waals surface area contributed by atoms with Gasteiger partial charge in [0.25, 0.3) is 5.56 Å². The molecule has 1 N–H and O–H groups in total. The van der Waals surface area contributed by atoms with E-state index in [1.165, 1.54) is 16.0 Å². The smallest absolute Gasteiger partial charge is 0.291 e. The van der Waals surface area contributed by atoms with Crippen molar-refractivity contribution in [3.8, 4) is 0 Å². The third kappa shape index (κ3) is 2.25. The van der Waals surface area contributed by atoms with Gasteiger partial charge in [0.1, 0.15) is 10.5 Å². The van der Waals surface area contributed by atoms with Gasteiger partial charge in [0.15, 0.2) is 5.65 Å². The number of thiazole rings is 1. The number of hydrogen-bond donors (Lipinski definition) is 1. The maximum atomic E-state index is 13.1. The number of fused-ring (bicyclic) bond motifs is 4. The number of aliphatic hydroxyl groups excluding tert-OH is 1. The van der Waals surface area contributed by atoms with E-state index < -0.39 is 0 Å². The largest absolute Gasteiger partial charge is 0.389 e. The molecule has 0 aliphatic carbocycles. The molecule has 1 aromatic carbocycles. The van der Waals surface area contributed by atoms with Crippen molar-refractivity contribution in [1.29, 1.82) is 0 Å². The summed E-state index contributed by atoms with van der Waals surface area (Å²) in [6, 6.07) is 5.95. The first kappa shape index (κ1) is 16.2. The number of aliphatic hydroxyl groups is 1. The maximum Gasteiger partial charge on any atom is 0.291 e. The minimum Gasteiger partial charge on any atom is -0.389 e. The lowest BCUT2D eigenvalue weighted by Crippen LogP contribution is -2.24. The molecule has 0 spiro atoms. The Bertz CT molecular complexity index is 1390. The Morgan fingerprint density at radius 3 is 2.78 bits per heavy atom. The monoisotopic (exact) mass is 380 g/mol. The molecule has 9 heteroatoms. The van der Waals surface area contributed by atoms with Crippen molar-refractivity contribution in [2.24, 2.45) is 14.1 Å². The highest BCUT2D eigenvalue weighted by Gasteiger charge is 2.18. The second-order valence-corrected chi connectivity index (χ2v) is 7.55. The number of rotatable bonds is 3. The van der Waals surface area contributed by atoms with Crippen molar-refractivity contribution < 1.29 is 5.11 Å². The molecule has 0 atom stereocenters. The first-order valence-electron chi connectivity index (χ1n) is 8.43. The van der Waals surface area contributed by atoms with Crippen molar-refractivity contribution in [1.82, 2.24) is 29.1 Å². The fourth-order valence-corrected chi connectivity index (χ4v) is 4.51. The van der Waals surface area contributed by atoms with Gasteiger partial charge in [-0.3, -0.25) is 9.48 Å². The first-order chi connectivity index (χ1) is 13.1. The summed E-state index contributed by atoms with van der Waals surface area (Å²) in [6.45, 7) is 0.256. The second-order valence-electron chi connectivity index (χ2n) is 6.47. The van der Waals surface area contributed by atoms with E-state index >= 15 is 0 Å². The van der Waals surface area contributed by atoms with Crippen molar-refractivity contribution in [2.45, 2.75) is 13.2 Å². The Balaban J connectivity index is 1.69. The van der Waals surface area contributed by atoms with Gasteiger partial charge in [0.05, 0.1) is 35.8 Å². The van der Waals surface area contributed by atoms with Gasteiger partial charge >= 0.3 is 0 Å². The number of benzene rings is 1. The van der Waals surface area contributed by atoms with Gasteiger partial charge in [-0.15, -0.1) is 11.3 Å². The van der Waals surface area contributed by atoms with Crippen LogP contribution in [0.1, 0.15) is 10.6 Å². The standard InChI is InChI=1S/C18H16N6O2S/c1-22-15-12(16-17(22)21-14(9-25)27-16)7-20-24(18(15)26)8-10-4-3-5-13-11(10)6-19-23(13)2/h3-7,25H,8-9H2,1-2H3. The van der Waals surface area contributed by atoms with Crippen LogP contribution in [0.3, 0.4) is 0 Å². The van der Waals surface area contributed by atoms with E-state index in [0.29, 0.717) is 22.7 Å². The van der Waals surface area contributed by atoms with Crippen LogP contribution < -0.4 is 5.56 Å². The lowest BCUT2D eigenvalue weighted by atomic mass is 10.1. The van der Waals surface area contributed by atoms with E-state index in [1.54, 1.807) is 10.8 Å². The molecule has 5 rings (SSSR count). The molecule has 0 unspecified atom stereocenters.